The van der Waals surface area contributed by atoms with Crippen LogP contribution >= 0.6 is 0 Å². The number of piperazine rings is 1. The lowest BCUT2D eigenvalue weighted by Gasteiger charge is -2.35. The first-order valence-corrected chi connectivity index (χ1v) is 12.3. The Hall–Kier alpha value is -3.51. The second-order valence-electron chi connectivity index (χ2n) is 9.68. The summed E-state index contributed by atoms with van der Waals surface area (Å²) in [6, 6.07) is 21.0. The van der Waals surface area contributed by atoms with Crippen LogP contribution in [0.4, 0.5) is 4.39 Å². The van der Waals surface area contributed by atoms with E-state index in [1.807, 2.05) is 29.2 Å². The van der Waals surface area contributed by atoms with Gasteiger partial charge in [-0.3, -0.25) is 9.69 Å². The highest BCUT2D eigenvalue weighted by Gasteiger charge is 2.24. The van der Waals surface area contributed by atoms with Crippen LogP contribution in [0.3, 0.4) is 0 Å². The van der Waals surface area contributed by atoms with Crippen LogP contribution in [0.1, 0.15) is 26.0 Å². The van der Waals surface area contributed by atoms with Crippen LogP contribution in [0.15, 0.2) is 72.9 Å². The van der Waals surface area contributed by atoms with Crippen molar-refractivity contribution in [2.24, 2.45) is 5.92 Å². The van der Waals surface area contributed by atoms with Crippen LogP contribution in [0.2, 0.25) is 0 Å². The quantitative estimate of drug-likeness (QED) is 0.374. The molecule has 0 N–H and O–H groups in total. The van der Waals surface area contributed by atoms with Gasteiger partial charge in [0.15, 0.2) is 0 Å². The van der Waals surface area contributed by atoms with Crippen LogP contribution < -0.4 is 0 Å². The van der Waals surface area contributed by atoms with Gasteiger partial charge in [0.2, 0.25) is 5.91 Å². The molecule has 6 heteroatoms. The molecule has 180 valence electrons. The molecule has 1 amide bonds. The minimum Gasteiger partial charge on any atom is -0.340 e. The molecule has 1 aliphatic rings. The zero-order valence-corrected chi connectivity index (χ0v) is 20.3. The average molecular weight is 471 g/mol. The molecule has 5 nitrogen and oxygen atoms in total. The molecule has 2 aromatic heterocycles. The number of carbonyl (C=O) groups is 1. The fourth-order valence-corrected chi connectivity index (χ4v) is 4.73. The van der Waals surface area contributed by atoms with Gasteiger partial charge in [0.25, 0.3) is 0 Å². The van der Waals surface area contributed by atoms with E-state index in [9.17, 15) is 9.18 Å². The van der Waals surface area contributed by atoms with Crippen LogP contribution in [0.25, 0.3) is 28.0 Å². The van der Waals surface area contributed by atoms with E-state index in [0.29, 0.717) is 18.9 Å². The predicted molar refractivity (Wildman–Crippen MR) is 137 cm³/mol. The summed E-state index contributed by atoms with van der Waals surface area (Å²) >= 11 is 0. The van der Waals surface area contributed by atoms with Gasteiger partial charge in [-0.1, -0.05) is 44.2 Å². The number of carbonyl (C=O) groups excluding carboxylic acids is 1. The SMILES string of the molecule is CC(C)CC(=O)N1CCN(Cc2c(-c3ccc(F)cc3)nc3ccc(-c4ccccc4)cn23)CC1. The minimum absolute atomic E-state index is 0.244. The Labute approximate surface area is 205 Å². The van der Waals surface area contributed by atoms with Gasteiger partial charge in [0.05, 0.1) is 11.4 Å². The lowest BCUT2D eigenvalue weighted by Crippen LogP contribution is -2.48. The van der Waals surface area contributed by atoms with E-state index in [2.05, 4.69) is 47.5 Å². The van der Waals surface area contributed by atoms with Crippen molar-refractivity contribution in [3.8, 4) is 22.4 Å². The van der Waals surface area contributed by atoms with E-state index in [-0.39, 0.29) is 11.7 Å². The van der Waals surface area contributed by atoms with Crippen molar-refractivity contribution >= 4 is 11.6 Å². The highest BCUT2D eigenvalue weighted by Crippen LogP contribution is 2.29. The van der Waals surface area contributed by atoms with E-state index in [0.717, 1.165) is 59.9 Å². The molecule has 0 radical (unpaired) electrons. The third kappa shape index (κ3) is 5.13. The number of nitrogens with zero attached hydrogens (tertiary/aromatic N) is 4. The number of amides is 1. The number of pyridine rings is 1. The Balaban J connectivity index is 1.47. The molecule has 1 saturated heterocycles. The Bertz CT molecular complexity index is 1310. The van der Waals surface area contributed by atoms with Gasteiger partial charge in [-0.15, -0.1) is 0 Å². The summed E-state index contributed by atoms with van der Waals surface area (Å²) in [5, 5.41) is 0. The Morgan fingerprint density at radius 2 is 1.57 bits per heavy atom. The Morgan fingerprint density at radius 3 is 2.26 bits per heavy atom. The zero-order chi connectivity index (χ0) is 24.4. The first-order chi connectivity index (χ1) is 17.0. The number of hydrogen-bond donors (Lipinski definition) is 0. The normalized spacial score (nSPS) is 14.7. The average Bonchev–Trinajstić information content (AvgIpc) is 3.22. The highest BCUT2D eigenvalue weighted by atomic mass is 19.1. The van der Waals surface area contributed by atoms with E-state index in [4.69, 9.17) is 4.98 Å². The van der Waals surface area contributed by atoms with Crippen LogP contribution in [-0.4, -0.2) is 51.3 Å². The molecule has 1 aliphatic heterocycles. The first-order valence-electron chi connectivity index (χ1n) is 12.3. The topological polar surface area (TPSA) is 40.9 Å². The van der Waals surface area contributed by atoms with Gasteiger partial charge in [-0.25, -0.2) is 9.37 Å². The lowest BCUT2D eigenvalue weighted by atomic mass is 10.1. The maximum Gasteiger partial charge on any atom is 0.222 e. The summed E-state index contributed by atoms with van der Waals surface area (Å²) in [6.07, 6.45) is 2.74. The van der Waals surface area contributed by atoms with Gasteiger partial charge < -0.3 is 9.30 Å². The first kappa shape index (κ1) is 23.2. The molecule has 4 aromatic rings. The van der Waals surface area contributed by atoms with Gasteiger partial charge in [0.1, 0.15) is 11.5 Å². The largest absolute Gasteiger partial charge is 0.340 e. The van der Waals surface area contributed by atoms with Crippen molar-refractivity contribution in [3.05, 3.63) is 84.4 Å². The van der Waals surface area contributed by atoms with Crippen molar-refractivity contribution < 1.29 is 9.18 Å². The molecule has 5 rings (SSSR count). The summed E-state index contributed by atoms with van der Waals surface area (Å²) in [5.74, 6) is 0.359. The lowest BCUT2D eigenvalue weighted by molar-refractivity contribution is -0.133. The fraction of sp³-hybridized carbons (Fsp3) is 0.310. The van der Waals surface area contributed by atoms with Crippen LogP contribution in [0.5, 0.6) is 0 Å². The second-order valence-corrected chi connectivity index (χ2v) is 9.68. The smallest absolute Gasteiger partial charge is 0.222 e. The van der Waals surface area contributed by atoms with E-state index in [1.54, 1.807) is 12.1 Å². The standard InChI is InChI=1S/C29H31FN4O/c1-21(2)18-28(35)33-16-14-32(15-17-33)20-26-29(23-8-11-25(30)12-9-23)31-27-13-10-24(19-34(26)27)22-6-4-3-5-7-22/h3-13,19,21H,14-18,20H2,1-2H3. The molecule has 3 heterocycles. The van der Waals surface area contributed by atoms with E-state index < -0.39 is 0 Å². The Morgan fingerprint density at radius 1 is 0.886 bits per heavy atom. The third-order valence-corrected chi connectivity index (χ3v) is 6.62. The minimum atomic E-state index is -0.257. The summed E-state index contributed by atoms with van der Waals surface area (Å²) in [4.78, 5) is 21.8. The van der Waals surface area contributed by atoms with Gasteiger partial charge in [-0.2, -0.15) is 0 Å². The van der Waals surface area contributed by atoms with Crippen molar-refractivity contribution in [1.82, 2.24) is 19.2 Å². The molecule has 0 spiro atoms. The Kier molecular flexibility index (Phi) is 6.64. The highest BCUT2D eigenvalue weighted by molar-refractivity contribution is 5.76. The molecule has 0 aliphatic carbocycles. The number of imidazole rings is 1. The monoisotopic (exact) mass is 470 g/mol. The fourth-order valence-electron chi connectivity index (χ4n) is 4.73. The number of benzene rings is 2. The van der Waals surface area contributed by atoms with E-state index >= 15 is 0 Å². The molecule has 2 aromatic carbocycles. The summed E-state index contributed by atoms with van der Waals surface area (Å²) in [7, 11) is 0. The van der Waals surface area contributed by atoms with Crippen molar-refractivity contribution in [1.29, 1.82) is 0 Å². The van der Waals surface area contributed by atoms with Crippen molar-refractivity contribution in [2.45, 2.75) is 26.8 Å². The van der Waals surface area contributed by atoms with Gasteiger partial charge in [-0.05, 0) is 53.4 Å². The van der Waals surface area contributed by atoms with Crippen LogP contribution in [-0.2, 0) is 11.3 Å². The summed E-state index contributed by atoms with van der Waals surface area (Å²) < 4.78 is 15.8. The van der Waals surface area contributed by atoms with Crippen LogP contribution in [0, 0.1) is 11.7 Å². The molecule has 0 atom stereocenters. The second kappa shape index (κ2) is 10.0. The number of halogens is 1. The zero-order valence-electron chi connectivity index (χ0n) is 20.3. The van der Waals surface area contributed by atoms with Gasteiger partial charge in [0, 0.05) is 50.9 Å². The molecular formula is C29H31FN4O. The summed E-state index contributed by atoms with van der Waals surface area (Å²) in [5.41, 5.74) is 5.97. The number of fused-ring (bicyclic) bond motifs is 1. The third-order valence-electron chi connectivity index (χ3n) is 6.62. The maximum absolute atomic E-state index is 13.6. The summed E-state index contributed by atoms with van der Waals surface area (Å²) in [6.45, 7) is 7.99. The maximum atomic E-state index is 13.6. The number of aromatic nitrogens is 2. The molecule has 1 fully saturated rings. The predicted octanol–water partition coefficient (Wildman–Crippen LogP) is 5.50. The molecule has 0 saturated carbocycles. The van der Waals surface area contributed by atoms with Gasteiger partial charge >= 0.3 is 0 Å². The van der Waals surface area contributed by atoms with Crippen molar-refractivity contribution in [2.75, 3.05) is 26.2 Å². The molecule has 0 bridgehead atoms. The molecular weight excluding hydrogens is 439 g/mol. The molecule has 35 heavy (non-hydrogen) atoms. The van der Waals surface area contributed by atoms with E-state index in [1.165, 1.54) is 12.1 Å². The molecule has 0 unspecified atom stereocenters. The van der Waals surface area contributed by atoms with Crippen molar-refractivity contribution in [3.63, 3.8) is 0 Å². The number of rotatable bonds is 6. The number of hydrogen-bond acceptors (Lipinski definition) is 3.